The van der Waals surface area contributed by atoms with Crippen molar-refractivity contribution >= 4 is 12.2 Å². The first-order valence-corrected chi connectivity index (χ1v) is 6.13. The van der Waals surface area contributed by atoms with E-state index in [1.54, 1.807) is 20.8 Å². The maximum Gasteiger partial charge on any atom is 0.420 e. The van der Waals surface area contributed by atoms with Gasteiger partial charge in [0.15, 0.2) is 0 Å². The third kappa shape index (κ3) is 3.24. The van der Waals surface area contributed by atoms with Crippen LogP contribution in [0.25, 0.3) is 0 Å². The zero-order valence-corrected chi connectivity index (χ0v) is 11.3. The number of imide groups is 1. The second-order valence-electron chi connectivity index (χ2n) is 5.37. The van der Waals surface area contributed by atoms with Gasteiger partial charge in [-0.1, -0.05) is 30.3 Å². The lowest BCUT2D eigenvalue weighted by atomic mass is 10.1. The van der Waals surface area contributed by atoms with Gasteiger partial charge in [-0.2, -0.15) is 0 Å². The molecule has 0 aliphatic carbocycles. The summed E-state index contributed by atoms with van der Waals surface area (Å²) in [4.78, 5) is 24.5. The second kappa shape index (κ2) is 4.91. The Kier molecular flexibility index (Phi) is 3.46. The summed E-state index contributed by atoms with van der Waals surface area (Å²) in [5, 5.41) is 0. The Labute approximate surface area is 112 Å². The lowest BCUT2D eigenvalue weighted by Gasteiger charge is -2.22. The average molecular weight is 263 g/mol. The van der Waals surface area contributed by atoms with E-state index in [0.717, 1.165) is 10.5 Å². The fraction of sp³-hybridized carbons (Fsp3) is 0.429. The minimum atomic E-state index is -0.670. The monoisotopic (exact) mass is 263 g/mol. The molecule has 2 amide bonds. The SMILES string of the molecule is CC(C)(C)OC(=O)N1CC(c2ccccc2)OC1=O. The van der Waals surface area contributed by atoms with E-state index in [2.05, 4.69) is 0 Å². The van der Waals surface area contributed by atoms with Crippen molar-refractivity contribution in [2.75, 3.05) is 6.54 Å². The Hall–Kier alpha value is -2.04. The van der Waals surface area contributed by atoms with Gasteiger partial charge in [0.1, 0.15) is 11.7 Å². The molecule has 1 aromatic carbocycles. The quantitative estimate of drug-likeness (QED) is 0.781. The Morgan fingerprint density at radius 1 is 1.32 bits per heavy atom. The van der Waals surface area contributed by atoms with Gasteiger partial charge in [-0.3, -0.25) is 0 Å². The maximum atomic E-state index is 11.9. The summed E-state index contributed by atoms with van der Waals surface area (Å²) in [7, 11) is 0. The fourth-order valence-corrected chi connectivity index (χ4v) is 1.77. The highest BCUT2D eigenvalue weighted by molar-refractivity contribution is 5.89. The molecule has 5 nitrogen and oxygen atoms in total. The molecule has 102 valence electrons. The molecule has 1 unspecified atom stereocenters. The van der Waals surface area contributed by atoms with Crippen molar-refractivity contribution in [3.05, 3.63) is 35.9 Å². The lowest BCUT2D eigenvalue weighted by molar-refractivity contribution is 0.0339. The number of benzene rings is 1. The lowest BCUT2D eigenvalue weighted by Crippen LogP contribution is -2.37. The Bertz CT molecular complexity index is 478. The number of carbonyl (C=O) groups is 2. The molecule has 1 saturated heterocycles. The van der Waals surface area contributed by atoms with Crippen LogP contribution in [0.3, 0.4) is 0 Å². The van der Waals surface area contributed by atoms with Crippen molar-refractivity contribution in [3.63, 3.8) is 0 Å². The van der Waals surface area contributed by atoms with Crippen LogP contribution in [0.15, 0.2) is 30.3 Å². The molecule has 0 spiro atoms. The van der Waals surface area contributed by atoms with E-state index >= 15 is 0 Å². The highest BCUT2D eigenvalue weighted by Crippen LogP contribution is 2.27. The first kappa shape index (κ1) is 13.4. The molecule has 0 N–H and O–H groups in total. The van der Waals surface area contributed by atoms with E-state index in [1.807, 2.05) is 30.3 Å². The van der Waals surface area contributed by atoms with E-state index in [1.165, 1.54) is 0 Å². The van der Waals surface area contributed by atoms with Crippen LogP contribution >= 0.6 is 0 Å². The summed E-state index contributed by atoms with van der Waals surface area (Å²) in [6.07, 6.45) is -1.76. The van der Waals surface area contributed by atoms with Gasteiger partial charge in [-0.15, -0.1) is 0 Å². The maximum absolute atomic E-state index is 11.9. The molecule has 0 aromatic heterocycles. The molecule has 1 aliphatic heterocycles. The third-order valence-electron chi connectivity index (χ3n) is 2.60. The number of nitrogens with zero attached hydrogens (tertiary/aromatic N) is 1. The van der Waals surface area contributed by atoms with Crippen LogP contribution in [0.2, 0.25) is 0 Å². The minimum absolute atomic E-state index is 0.178. The van der Waals surface area contributed by atoms with Crippen LogP contribution in [-0.4, -0.2) is 29.2 Å². The molecular formula is C14H17NO4. The van der Waals surface area contributed by atoms with Crippen LogP contribution in [0.1, 0.15) is 32.4 Å². The van der Waals surface area contributed by atoms with E-state index < -0.39 is 23.9 Å². The van der Waals surface area contributed by atoms with Crippen LogP contribution in [0.4, 0.5) is 9.59 Å². The van der Waals surface area contributed by atoms with Crippen molar-refractivity contribution in [1.82, 2.24) is 4.90 Å². The van der Waals surface area contributed by atoms with Crippen LogP contribution in [-0.2, 0) is 9.47 Å². The van der Waals surface area contributed by atoms with Crippen LogP contribution in [0.5, 0.6) is 0 Å². The number of cyclic esters (lactones) is 1. The number of ether oxygens (including phenoxy) is 2. The summed E-state index contributed by atoms with van der Waals surface area (Å²) in [5.74, 6) is 0. The van der Waals surface area contributed by atoms with Crippen molar-refractivity contribution in [2.24, 2.45) is 0 Å². The summed E-state index contributed by atoms with van der Waals surface area (Å²) < 4.78 is 10.3. The van der Waals surface area contributed by atoms with Crippen molar-refractivity contribution in [1.29, 1.82) is 0 Å². The van der Waals surface area contributed by atoms with Gasteiger partial charge < -0.3 is 9.47 Å². The molecule has 2 rings (SSSR count). The summed E-state index contributed by atoms with van der Waals surface area (Å²) in [5.41, 5.74) is 0.226. The number of hydrogen-bond donors (Lipinski definition) is 0. The summed E-state index contributed by atoms with van der Waals surface area (Å²) in [6, 6.07) is 9.32. The van der Waals surface area contributed by atoms with E-state index in [0.29, 0.717) is 0 Å². The first-order valence-electron chi connectivity index (χ1n) is 6.13. The normalized spacial score (nSPS) is 19.2. The molecule has 1 atom stereocenters. The Balaban J connectivity index is 2.06. The predicted molar refractivity (Wildman–Crippen MR) is 68.6 cm³/mol. The molecule has 1 aromatic rings. The van der Waals surface area contributed by atoms with E-state index in [-0.39, 0.29) is 6.54 Å². The van der Waals surface area contributed by atoms with Gasteiger partial charge in [0.2, 0.25) is 0 Å². The number of hydrogen-bond acceptors (Lipinski definition) is 4. The van der Waals surface area contributed by atoms with E-state index in [9.17, 15) is 9.59 Å². The summed E-state index contributed by atoms with van der Waals surface area (Å²) in [6.45, 7) is 5.43. The number of carbonyl (C=O) groups excluding carboxylic acids is 2. The Morgan fingerprint density at radius 2 is 1.95 bits per heavy atom. The number of amides is 2. The predicted octanol–water partition coefficient (Wildman–Crippen LogP) is 3.12. The standard InChI is InChI=1S/C14H17NO4/c1-14(2,3)19-13(17)15-9-11(18-12(15)16)10-7-5-4-6-8-10/h4-8,11H,9H2,1-3H3. The Morgan fingerprint density at radius 3 is 2.53 bits per heavy atom. The molecule has 1 heterocycles. The molecule has 0 bridgehead atoms. The average Bonchev–Trinajstić information content (AvgIpc) is 2.70. The van der Waals surface area contributed by atoms with Crippen LogP contribution < -0.4 is 0 Å². The van der Waals surface area contributed by atoms with Gasteiger partial charge in [-0.25, -0.2) is 14.5 Å². The van der Waals surface area contributed by atoms with Crippen molar-refractivity contribution in [3.8, 4) is 0 Å². The first-order chi connectivity index (χ1) is 8.87. The molecule has 19 heavy (non-hydrogen) atoms. The zero-order valence-electron chi connectivity index (χ0n) is 11.3. The summed E-state index contributed by atoms with van der Waals surface area (Å²) >= 11 is 0. The minimum Gasteiger partial charge on any atom is -0.443 e. The van der Waals surface area contributed by atoms with Gasteiger partial charge in [0, 0.05) is 0 Å². The molecule has 0 saturated carbocycles. The molecule has 1 fully saturated rings. The van der Waals surface area contributed by atoms with Gasteiger partial charge >= 0.3 is 12.2 Å². The highest BCUT2D eigenvalue weighted by Gasteiger charge is 2.38. The fourth-order valence-electron chi connectivity index (χ4n) is 1.77. The zero-order chi connectivity index (χ0) is 14.0. The molecule has 0 radical (unpaired) electrons. The van der Waals surface area contributed by atoms with Gasteiger partial charge in [-0.05, 0) is 26.3 Å². The number of rotatable bonds is 1. The van der Waals surface area contributed by atoms with Gasteiger partial charge in [0.25, 0.3) is 0 Å². The van der Waals surface area contributed by atoms with Crippen LogP contribution in [0, 0.1) is 0 Å². The largest absolute Gasteiger partial charge is 0.443 e. The third-order valence-corrected chi connectivity index (χ3v) is 2.60. The topological polar surface area (TPSA) is 55.8 Å². The highest BCUT2D eigenvalue weighted by atomic mass is 16.6. The smallest absolute Gasteiger partial charge is 0.420 e. The van der Waals surface area contributed by atoms with Crippen molar-refractivity contribution < 1.29 is 19.1 Å². The molecule has 5 heteroatoms. The van der Waals surface area contributed by atoms with Crippen molar-refractivity contribution in [2.45, 2.75) is 32.5 Å². The van der Waals surface area contributed by atoms with Gasteiger partial charge in [0.05, 0.1) is 6.54 Å². The molecular weight excluding hydrogens is 246 g/mol. The van der Waals surface area contributed by atoms with E-state index in [4.69, 9.17) is 9.47 Å². The molecule has 1 aliphatic rings. The second-order valence-corrected chi connectivity index (χ2v) is 5.37.